The van der Waals surface area contributed by atoms with Gasteiger partial charge in [-0.3, -0.25) is 4.79 Å². The molecule has 0 spiro atoms. The van der Waals surface area contributed by atoms with Crippen LogP contribution in [0.15, 0.2) is 0 Å². The number of amides is 1. The fourth-order valence-corrected chi connectivity index (χ4v) is 2.15. The average Bonchev–Trinajstić information content (AvgIpc) is 2.16. The maximum atomic E-state index is 11.9. The molecule has 0 atom stereocenters. The lowest BCUT2D eigenvalue weighted by atomic mass is 9.80. The average molecular weight is 212 g/mol. The van der Waals surface area contributed by atoms with E-state index in [4.69, 9.17) is 5.73 Å². The Morgan fingerprint density at radius 3 is 2.33 bits per heavy atom. The van der Waals surface area contributed by atoms with Crippen LogP contribution in [0.5, 0.6) is 0 Å². The number of nitrogens with zero attached hydrogens (tertiary/aromatic N) is 1. The summed E-state index contributed by atoms with van der Waals surface area (Å²) in [7, 11) is 1.86. The van der Waals surface area contributed by atoms with Crippen molar-refractivity contribution in [1.82, 2.24) is 4.90 Å². The summed E-state index contributed by atoms with van der Waals surface area (Å²) in [4.78, 5) is 13.7. The van der Waals surface area contributed by atoms with Crippen LogP contribution in [0.2, 0.25) is 0 Å². The summed E-state index contributed by atoms with van der Waals surface area (Å²) in [6, 6.07) is 0.268. The van der Waals surface area contributed by atoms with Crippen molar-refractivity contribution in [3.8, 4) is 0 Å². The minimum absolute atomic E-state index is 0.189. The zero-order valence-corrected chi connectivity index (χ0v) is 10.3. The maximum Gasteiger partial charge on any atom is 0.224 e. The van der Waals surface area contributed by atoms with Gasteiger partial charge in [0, 0.05) is 25.0 Å². The maximum absolute atomic E-state index is 11.9. The molecule has 0 radical (unpaired) electrons. The van der Waals surface area contributed by atoms with Crippen molar-refractivity contribution in [3.05, 3.63) is 0 Å². The topological polar surface area (TPSA) is 46.3 Å². The molecule has 1 amide bonds. The third kappa shape index (κ3) is 3.49. The SMILES string of the molecule is CC(C)N(C)C(=O)CC1(N)CCCCC1. The smallest absolute Gasteiger partial charge is 0.224 e. The van der Waals surface area contributed by atoms with Crippen LogP contribution in [-0.4, -0.2) is 29.4 Å². The van der Waals surface area contributed by atoms with Crippen LogP contribution in [-0.2, 0) is 4.79 Å². The van der Waals surface area contributed by atoms with Gasteiger partial charge >= 0.3 is 0 Å². The molecule has 0 saturated heterocycles. The lowest BCUT2D eigenvalue weighted by Gasteiger charge is -2.34. The lowest BCUT2D eigenvalue weighted by Crippen LogP contribution is -2.47. The van der Waals surface area contributed by atoms with E-state index >= 15 is 0 Å². The van der Waals surface area contributed by atoms with Gasteiger partial charge < -0.3 is 10.6 Å². The third-order valence-electron chi connectivity index (χ3n) is 3.52. The van der Waals surface area contributed by atoms with E-state index in [9.17, 15) is 4.79 Å². The summed E-state index contributed by atoms with van der Waals surface area (Å²) < 4.78 is 0. The highest BCUT2D eigenvalue weighted by Crippen LogP contribution is 2.29. The van der Waals surface area contributed by atoms with E-state index in [1.54, 1.807) is 4.90 Å². The Morgan fingerprint density at radius 1 is 1.33 bits per heavy atom. The molecule has 1 aliphatic rings. The Morgan fingerprint density at radius 2 is 1.87 bits per heavy atom. The van der Waals surface area contributed by atoms with Crippen molar-refractivity contribution in [2.45, 2.75) is 64.0 Å². The summed E-state index contributed by atoms with van der Waals surface area (Å²) in [5.74, 6) is 0.189. The highest BCUT2D eigenvalue weighted by molar-refractivity contribution is 5.77. The number of nitrogens with two attached hydrogens (primary N) is 1. The number of rotatable bonds is 3. The van der Waals surface area contributed by atoms with E-state index in [2.05, 4.69) is 0 Å². The van der Waals surface area contributed by atoms with Gasteiger partial charge in [0.1, 0.15) is 0 Å². The first-order valence-corrected chi connectivity index (χ1v) is 5.99. The van der Waals surface area contributed by atoms with Gasteiger partial charge in [-0.05, 0) is 26.7 Å². The molecule has 1 aliphatic carbocycles. The molecular formula is C12H24N2O. The molecule has 1 fully saturated rings. The molecule has 0 aliphatic heterocycles. The van der Waals surface area contributed by atoms with Gasteiger partial charge in [-0.25, -0.2) is 0 Å². The predicted octanol–water partition coefficient (Wildman–Crippen LogP) is 1.90. The molecule has 0 bridgehead atoms. The molecule has 2 N–H and O–H groups in total. The minimum Gasteiger partial charge on any atom is -0.343 e. The standard InChI is InChI=1S/C12H24N2O/c1-10(2)14(3)11(15)9-12(13)7-5-4-6-8-12/h10H,4-9,13H2,1-3H3. The Balaban J connectivity index is 2.49. The second-order valence-electron chi connectivity index (χ2n) is 5.20. The van der Waals surface area contributed by atoms with Crippen LogP contribution in [0.1, 0.15) is 52.4 Å². The van der Waals surface area contributed by atoms with Gasteiger partial charge in [-0.1, -0.05) is 19.3 Å². The monoisotopic (exact) mass is 212 g/mol. The molecule has 1 rings (SSSR count). The first kappa shape index (κ1) is 12.5. The predicted molar refractivity (Wildman–Crippen MR) is 62.5 cm³/mol. The number of carbonyl (C=O) groups is 1. The molecule has 3 heteroatoms. The van der Waals surface area contributed by atoms with Crippen LogP contribution in [0, 0.1) is 0 Å². The molecule has 3 nitrogen and oxygen atoms in total. The van der Waals surface area contributed by atoms with Crippen LogP contribution >= 0.6 is 0 Å². The van der Waals surface area contributed by atoms with Crippen LogP contribution in [0.3, 0.4) is 0 Å². The fraction of sp³-hybridized carbons (Fsp3) is 0.917. The van der Waals surface area contributed by atoms with Gasteiger partial charge in [-0.15, -0.1) is 0 Å². The van der Waals surface area contributed by atoms with Crippen molar-refractivity contribution in [1.29, 1.82) is 0 Å². The largest absolute Gasteiger partial charge is 0.343 e. The second-order valence-corrected chi connectivity index (χ2v) is 5.20. The van der Waals surface area contributed by atoms with E-state index in [0.717, 1.165) is 12.8 Å². The number of hydrogen-bond acceptors (Lipinski definition) is 2. The fourth-order valence-electron chi connectivity index (χ4n) is 2.15. The van der Waals surface area contributed by atoms with Gasteiger partial charge in [-0.2, -0.15) is 0 Å². The van der Waals surface area contributed by atoms with Crippen LogP contribution in [0.25, 0.3) is 0 Å². The van der Waals surface area contributed by atoms with Crippen molar-refractivity contribution in [2.75, 3.05) is 7.05 Å². The Bertz CT molecular complexity index is 220. The van der Waals surface area contributed by atoms with Gasteiger partial charge in [0.05, 0.1) is 0 Å². The van der Waals surface area contributed by atoms with Crippen molar-refractivity contribution in [3.63, 3.8) is 0 Å². The highest BCUT2D eigenvalue weighted by Gasteiger charge is 2.31. The van der Waals surface area contributed by atoms with Crippen molar-refractivity contribution < 1.29 is 4.79 Å². The Labute approximate surface area is 93.0 Å². The summed E-state index contributed by atoms with van der Waals surface area (Å²) >= 11 is 0. The van der Waals surface area contributed by atoms with E-state index in [0.29, 0.717) is 6.42 Å². The molecule has 0 aromatic carbocycles. The zero-order valence-electron chi connectivity index (χ0n) is 10.3. The van der Waals surface area contributed by atoms with Gasteiger partial charge in [0.25, 0.3) is 0 Å². The molecule has 0 aromatic heterocycles. The van der Waals surface area contributed by atoms with E-state index in [1.807, 2.05) is 20.9 Å². The Kier molecular flexibility index (Phi) is 4.14. The Hall–Kier alpha value is -0.570. The van der Waals surface area contributed by atoms with Crippen molar-refractivity contribution >= 4 is 5.91 Å². The van der Waals surface area contributed by atoms with E-state index < -0.39 is 0 Å². The molecule has 88 valence electrons. The number of hydrogen-bond donors (Lipinski definition) is 1. The summed E-state index contributed by atoms with van der Waals surface area (Å²) in [5.41, 5.74) is 6.03. The normalized spacial score (nSPS) is 20.3. The lowest BCUT2D eigenvalue weighted by molar-refractivity contribution is -0.132. The summed E-state index contributed by atoms with van der Waals surface area (Å²) in [6.07, 6.45) is 6.15. The zero-order chi connectivity index (χ0) is 11.5. The van der Waals surface area contributed by atoms with E-state index in [1.165, 1.54) is 19.3 Å². The first-order valence-electron chi connectivity index (χ1n) is 5.99. The molecular weight excluding hydrogens is 188 g/mol. The minimum atomic E-state index is -0.224. The highest BCUT2D eigenvalue weighted by atomic mass is 16.2. The molecule has 0 aromatic rings. The molecule has 1 saturated carbocycles. The van der Waals surface area contributed by atoms with Crippen molar-refractivity contribution in [2.24, 2.45) is 5.73 Å². The molecule has 0 heterocycles. The molecule has 0 unspecified atom stereocenters. The van der Waals surface area contributed by atoms with E-state index in [-0.39, 0.29) is 17.5 Å². The van der Waals surface area contributed by atoms with Crippen LogP contribution < -0.4 is 5.73 Å². The van der Waals surface area contributed by atoms with Gasteiger partial charge in [0.2, 0.25) is 5.91 Å². The van der Waals surface area contributed by atoms with Gasteiger partial charge in [0.15, 0.2) is 0 Å². The van der Waals surface area contributed by atoms with Crippen LogP contribution in [0.4, 0.5) is 0 Å². The second kappa shape index (κ2) is 4.97. The molecule has 15 heavy (non-hydrogen) atoms. The number of carbonyl (C=O) groups excluding carboxylic acids is 1. The summed E-state index contributed by atoms with van der Waals surface area (Å²) in [5, 5.41) is 0. The summed E-state index contributed by atoms with van der Waals surface area (Å²) in [6.45, 7) is 4.06. The first-order chi connectivity index (χ1) is 6.94. The third-order valence-corrected chi connectivity index (χ3v) is 3.52. The quantitative estimate of drug-likeness (QED) is 0.776.